The number of aryl methyl sites for hydroxylation is 2. The minimum Gasteiger partial charge on any atom is -0.500 e. The van der Waals surface area contributed by atoms with Crippen LogP contribution in [0.2, 0.25) is 0 Å². The third-order valence-electron chi connectivity index (χ3n) is 9.37. The number of rotatable bonds is 6. The molecule has 0 saturated heterocycles. The maximum Gasteiger partial charge on any atom is 0.128 e. The van der Waals surface area contributed by atoms with Crippen molar-refractivity contribution in [1.29, 1.82) is 0 Å². The molecule has 0 bridgehead atoms. The number of nitrogens with zero attached hydrogens (tertiary/aromatic N) is 2. The second-order valence-electron chi connectivity index (χ2n) is 14.6. The molecule has 6 aromatic carbocycles. The van der Waals surface area contributed by atoms with E-state index in [9.17, 15) is 0 Å². The Hall–Kier alpha value is -5.93. The van der Waals surface area contributed by atoms with Crippen LogP contribution in [0.4, 0.5) is 0 Å². The third-order valence-corrected chi connectivity index (χ3v) is 9.37. The molecular formula is C53H44IrN2O-2. The van der Waals surface area contributed by atoms with Gasteiger partial charge in [0, 0.05) is 54.4 Å². The van der Waals surface area contributed by atoms with E-state index in [0.29, 0.717) is 28.1 Å². The molecular weight excluding hydrogens is 873 g/mol. The zero-order valence-electron chi connectivity index (χ0n) is 39.7. The van der Waals surface area contributed by atoms with Gasteiger partial charge in [-0.1, -0.05) is 159 Å². The van der Waals surface area contributed by atoms with Gasteiger partial charge >= 0.3 is 0 Å². The normalized spacial score (nSPS) is 13.9. The van der Waals surface area contributed by atoms with Crippen molar-refractivity contribution in [3.05, 3.63) is 193 Å². The maximum absolute atomic E-state index is 8.77. The molecule has 0 aliphatic carbocycles. The van der Waals surface area contributed by atoms with Crippen molar-refractivity contribution in [3.8, 4) is 55.9 Å². The molecule has 0 spiro atoms. The van der Waals surface area contributed by atoms with Gasteiger partial charge in [0.05, 0.1) is 5.58 Å². The van der Waals surface area contributed by atoms with E-state index in [2.05, 4.69) is 113 Å². The predicted molar refractivity (Wildman–Crippen MR) is 233 cm³/mol. The number of aromatic nitrogens is 2. The van der Waals surface area contributed by atoms with Crippen LogP contribution in [0, 0.1) is 31.3 Å². The van der Waals surface area contributed by atoms with Gasteiger partial charge in [0.25, 0.3) is 0 Å². The van der Waals surface area contributed by atoms with Crippen molar-refractivity contribution in [1.82, 2.24) is 9.97 Å². The molecule has 0 saturated carbocycles. The molecule has 9 rings (SSSR count). The first-order valence-corrected chi connectivity index (χ1v) is 18.5. The van der Waals surface area contributed by atoms with Gasteiger partial charge in [-0.3, -0.25) is 0 Å². The van der Waals surface area contributed by atoms with Gasteiger partial charge < -0.3 is 14.4 Å². The van der Waals surface area contributed by atoms with Gasteiger partial charge in [0.2, 0.25) is 0 Å². The van der Waals surface area contributed by atoms with E-state index in [1.54, 1.807) is 24.4 Å². The molecule has 283 valence electrons. The van der Waals surface area contributed by atoms with Gasteiger partial charge in [-0.15, -0.1) is 53.6 Å². The Morgan fingerprint density at radius 3 is 1.91 bits per heavy atom. The summed E-state index contributed by atoms with van der Waals surface area (Å²) in [4.78, 5) is 8.68. The number of para-hydroxylation sites is 1. The number of hydrogen-bond acceptors (Lipinski definition) is 3. The van der Waals surface area contributed by atoms with Crippen LogP contribution in [0.5, 0.6) is 0 Å². The van der Waals surface area contributed by atoms with Crippen molar-refractivity contribution in [2.24, 2.45) is 5.41 Å². The zero-order valence-corrected chi connectivity index (χ0v) is 34.1. The molecule has 0 atom stereocenters. The first-order chi connectivity index (χ1) is 30.4. The van der Waals surface area contributed by atoms with Crippen LogP contribution >= 0.6 is 0 Å². The van der Waals surface area contributed by atoms with Crippen molar-refractivity contribution in [2.75, 3.05) is 0 Å². The Morgan fingerprint density at radius 1 is 0.614 bits per heavy atom. The molecule has 9 aromatic rings. The molecule has 3 aromatic heterocycles. The van der Waals surface area contributed by atoms with Gasteiger partial charge in [0.1, 0.15) is 5.58 Å². The van der Waals surface area contributed by atoms with Gasteiger partial charge in [0.15, 0.2) is 0 Å². The molecule has 0 amide bonds. The summed E-state index contributed by atoms with van der Waals surface area (Å²) < 4.78 is 67.8. The molecule has 1 radical (unpaired) electrons. The summed E-state index contributed by atoms with van der Waals surface area (Å²) in [5.74, 6) is 0. The number of pyridine rings is 2. The topological polar surface area (TPSA) is 38.9 Å². The second kappa shape index (κ2) is 17.1. The average Bonchev–Trinajstić information content (AvgIpc) is 3.68. The SMILES string of the molecule is [2H]C([2H])([2H])c1c[c-]c(-c2ccc(C([2H])([2H])[2H])cn2)cc1.[2H]C([2H])(c1ccnc(-c2[c-]ccc3c2oc2c(-c4ccc(-c5ccc(-c6ccccc6)cc5)cc4)cccc23)c1)C(C)(C)C.[Ir]. The summed E-state index contributed by atoms with van der Waals surface area (Å²) in [6.45, 7) is 1.40. The predicted octanol–water partition coefficient (Wildman–Crippen LogP) is 14.2. The first-order valence-electron chi connectivity index (χ1n) is 22.5. The first kappa shape index (κ1) is 30.2. The standard InChI is InChI=1S/C40H32NO.C13H12N.Ir/c1-40(2,3)26-27-23-24-41-37(25-27)36-14-8-13-35-34-12-7-11-33(38(34)42-39(35)36)32-21-19-31(20-22-32)30-17-15-29(16-18-30)28-9-5-4-6-10-28;1-10-3-6-12(7-4-10)13-8-5-11(2)9-14-13;/h4-13,15-25H,26H2,1-3H3;3-6,8-9H,1-2H3;/q2*-1;/i26D2;1D3,2D3;. The molecule has 3 heterocycles. The van der Waals surface area contributed by atoms with Crippen LogP contribution in [-0.2, 0) is 26.5 Å². The largest absolute Gasteiger partial charge is 0.500 e. The van der Waals surface area contributed by atoms with Gasteiger partial charge in [-0.25, -0.2) is 0 Å². The fraction of sp³-hybridized carbons (Fsp3) is 0.132. The fourth-order valence-corrected chi connectivity index (χ4v) is 6.72. The quantitative estimate of drug-likeness (QED) is 0.156. The van der Waals surface area contributed by atoms with Gasteiger partial charge in [-0.2, -0.15) is 0 Å². The minimum atomic E-state index is -2.18. The van der Waals surface area contributed by atoms with E-state index < -0.39 is 25.5 Å². The Bertz CT molecular complexity index is 2990. The fourth-order valence-electron chi connectivity index (χ4n) is 6.72. The van der Waals surface area contributed by atoms with Crippen LogP contribution in [0.15, 0.2) is 168 Å². The molecule has 0 N–H and O–H groups in total. The van der Waals surface area contributed by atoms with Crippen molar-refractivity contribution < 1.29 is 35.5 Å². The van der Waals surface area contributed by atoms with E-state index in [-0.39, 0.29) is 31.2 Å². The van der Waals surface area contributed by atoms with Crippen LogP contribution < -0.4 is 0 Å². The van der Waals surface area contributed by atoms with Gasteiger partial charge in [-0.05, 0) is 69.5 Å². The Morgan fingerprint density at radius 2 is 1.28 bits per heavy atom. The maximum atomic E-state index is 8.77. The molecule has 0 aliphatic rings. The number of hydrogen-bond donors (Lipinski definition) is 0. The summed E-state index contributed by atoms with van der Waals surface area (Å²) >= 11 is 0. The van der Waals surface area contributed by atoms with E-state index in [1.807, 2.05) is 45.0 Å². The van der Waals surface area contributed by atoms with E-state index in [4.69, 9.17) is 15.4 Å². The molecule has 0 aliphatic heterocycles. The van der Waals surface area contributed by atoms with Crippen molar-refractivity contribution in [3.63, 3.8) is 0 Å². The number of benzene rings is 6. The second-order valence-corrected chi connectivity index (χ2v) is 14.6. The van der Waals surface area contributed by atoms with E-state index in [1.165, 1.54) is 41.1 Å². The Labute approximate surface area is 361 Å². The van der Waals surface area contributed by atoms with Crippen molar-refractivity contribution in [2.45, 2.75) is 40.8 Å². The molecule has 4 heteroatoms. The Kier molecular flexibility index (Phi) is 9.05. The summed E-state index contributed by atoms with van der Waals surface area (Å²) in [6.07, 6.45) is 1.44. The van der Waals surface area contributed by atoms with Crippen molar-refractivity contribution >= 4 is 21.9 Å². The molecule has 0 fully saturated rings. The summed E-state index contributed by atoms with van der Waals surface area (Å²) in [5.41, 5.74) is 11.3. The molecule has 3 nitrogen and oxygen atoms in total. The van der Waals surface area contributed by atoms with Crippen LogP contribution in [0.1, 0.15) is 48.4 Å². The summed E-state index contributed by atoms with van der Waals surface area (Å²) in [5, 5.41) is 2.01. The minimum absolute atomic E-state index is 0. The van der Waals surface area contributed by atoms with Crippen LogP contribution in [-0.4, -0.2) is 9.97 Å². The Balaban J connectivity index is 0.000000253. The summed E-state index contributed by atoms with van der Waals surface area (Å²) in [6, 6.07) is 55.2. The van der Waals surface area contributed by atoms with Crippen LogP contribution in [0.3, 0.4) is 0 Å². The third kappa shape index (κ3) is 9.05. The summed E-state index contributed by atoms with van der Waals surface area (Å²) in [7, 11) is 0. The van der Waals surface area contributed by atoms with E-state index in [0.717, 1.165) is 38.6 Å². The number of fused-ring (bicyclic) bond motifs is 3. The van der Waals surface area contributed by atoms with Crippen LogP contribution in [0.25, 0.3) is 77.8 Å². The molecule has 0 unspecified atom stereocenters. The average molecular weight is 925 g/mol. The zero-order chi connectivity index (χ0) is 45.4. The smallest absolute Gasteiger partial charge is 0.128 e. The number of furan rings is 1. The monoisotopic (exact) mass is 925 g/mol. The molecule has 57 heavy (non-hydrogen) atoms. The van der Waals surface area contributed by atoms with E-state index >= 15 is 0 Å².